The van der Waals surface area contributed by atoms with Gasteiger partial charge < -0.3 is 15.4 Å². The van der Waals surface area contributed by atoms with Crippen LogP contribution in [0.15, 0.2) is 24.3 Å². The van der Waals surface area contributed by atoms with Crippen LogP contribution in [0.3, 0.4) is 0 Å². The van der Waals surface area contributed by atoms with Crippen LogP contribution in [0.1, 0.15) is 34.6 Å². The molecular weight excluding hydrogens is 240 g/mol. The SMILES string of the molecule is CC(C)NCC(=O)Nc1ccc(OC(C)(C)C)cc1. The fourth-order valence-electron chi connectivity index (χ4n) is 1.46. The third kappa shape index (κ3) is 6.82. The average molecular weight is 264 g/mol. The highest BCUT2D eigenvalue weighted by atomic mass is 16.5. The monoisotopic (exact) mass is 264 g/mol. The molecule has 0 radical (unpaired) electrons. The van der Waals surface area contributed by atoms with Crippen molar-refractivity contribution in [1.29, 1.82) is 0 Å². The summed E-state index contributed by atoms with van der Waals surface area (Å²) in [5.41, 5.74) is 0.559. The number of hydrogen-bond acceptors (Lipinski definition) is 3. The van der Waals surface area contributed by atoms with Crippen LogP contribution in [0.25, 0.3) is 0 Å². The molecule has 0 aliphatic heterocycles. The van der Waals surface area contributed by atoms with E-state index in [1.54, 1.807) is 0 Å². The van der Waals surface area contributed by atoms with E-state index < -0.39 is 0 Å². The van der Waals surface area contributed by atoms with Gasteiger partial charge in [-0.25, -0.2) is 0 Å². The van der Waals surface area contributed by atoms with Gasteiger partial charge in [-0.15, -0.1) is 0 Å². The Morgan fingerprint density at radius 3 is 2.26 bits per heavy atom. The van der Waals surface area contributed by atoms with Crippen LogP contribution in [0, 0.1) is 0 Å². The van der Waals surface area contributed by atoms with Crippen molar-refractivity contribution in [3.63, 3.8) is 0 Å². The molecule has 0 atom stereocenters. The maximum atomic E-state index is 11.6. The van der Waals surface area contributed by atoms with Crippen LogP contribution in [-0.2, 0) is 4.79 Å². The van der Waals surface area contributed by atoms with Crippen molar-refractivity contribution in [2.45, 2.75) is 46.3 Å². The fourth-order valence-corrected chi connectivity index (χ4v) is 1.46. The molecule has 4 heteroatoms. The van der Waals surface area contributed by atoms with E-state index in [0.717, 1.165) is 11.4 Å². The Bertz CT molecular complexity index is 405. The van der Waals surface area contributed by atoms with Crippen molar-refractivity contribution >= 4 is 11.6 Å². The molecule has 0 fully saturated rings. The Labute approximate surface area is 115 Å². The van der Waals surface area contributed by atoms with Gasteiger partial charge in [-0.05, 0) is 45.0 Å². The molecule has 2 N–H and O–H groups in total. The summed E-state index contributed by atoms with van der Waals surface area (Å²) in [6, 6.07) is 7.70. The predicted molar refractivity (Wildman–Crippen MR) is 78.6 cm³/mol. The fraction of sp³-hybridized carbons (Fsp3) is 0.533. The first-order valence-electron chi connectivity index (χ1n) is 6.58. The molecule has 1 aromatic carbocycles. The number of benzene rings is 1. The van der Waals surface area contributed by atoms with Gasteiger partial charge in [0.25, 0.3) is 0 Å². The quantitative estimate of drug-likeness (QED) is 0.859. The van der Waals surface area contributed by atoms with Crippen LogP contribution >= 0.6 is 0 Å². The Morgan fingerprint density at radius 2 is 1.79 bits per heavy atom. The number of anilines is 1. The zero-order valence-corrected chi connectivity index (χ0v) is 12.4. The molecule has 0 bridgehead atoms. The van der Waals surface area contributed by atoms with E-state index in [1.807, 2.05) is 58.9 Å². The van der Waals surface area contributed by atoms with E-state index in [2.05, 4.69) is 10.6 Å². The molecule has 1 rings (SSSR count). The standard InChI is InChI=1S/C15H24N2O2/c1-11(2)16-10-14(18)17-12-6-8-13(9-7-12)19-15(3,4)5/h6-9,11,16H,10H2,1-5H3,(H,17,18). The van der Waals surface area contributed by atoms with E-state index in [9.17, 15) is 4.79 Å². The molecule has 0 aromatic heterocycles. The molecule has 0 aliphatic rings. The number of nitrogens with one attached hydrogen (secondary N) is 2. The molecule has 0 aliphatic carbocycles. The van der Waals surface area contributed by atoms with Crippen molar-refractivity contribution < 1.29 is 9.53 Å². The Hall–Kier alpha value is -1.55. The van der Waals surface area contributed by atoms with Gasteiger partial charge >= 0.3 is 0 Å². The van der Waals surface area contributed by atoms with Gasteiger partial charge in [0.05, 0.1) is 6.54 Å². The minimum absolute atomic E-state index is 0.0433. The van der Waals surface area contributed by atoms with Gasteiger partial charge in [0, 0.05) is 11.7 Å². The van der Waals surface area contributed by atoms with Gasteiger partial charge in [-0.2, -0.15) is 0 Å². The molecule has 19 heavy (non-hydrogen) atoms. The Morgan fingerprint density at radius 1 is 1.21 bits per heavy atom. The smallest absolute Gasteiger partial charge is 0.238 e. The summed E-state index contributed by atoms with van der Waals surface area (Å²) in [5, 5.41) is 5.90. The van der Waals surface area contributed by atoms with Gasteiger partial charge in [0.1, 0.15) is 11.4 Å². The number of hydrogen-bond donors (Lipinski definition) is 2. The molecule has 1 aromatic rings. The minimum atomic E-state index is -0.216. The number of ether oxygens (including phenoxy) is 1. The molecule has 1 amide bonds. The second-order valence-electron chi connectivity index (χ2n) is 5.82. The van der Waals surface area contributed by atoms with Crippen molar-refractivity contribution in [3.8, 4) is 5.75 Å². The first-order valence-corrected chi connectivity index (χ1v) is 6.58. The summed E-state index contributed by atoms with van der Waals surface area (Å²) in [5.74, 6) is 0.754. The zero-order valence-electron chi connectivity index (χ0n) is 12.4. The summed E-state index contributed by atoms with van der Waals surface area (Å²) in [4.78, 5) is 11.6. The largest absolute Gasteiger partial charge is 0.488 e. The van der Waals surface area contributed by atoms with Gasteiger partial charge in [-0.3, -0.25) is 4.79 Å². The maximum absolute atomic E-state index is 11.6. The lowest BCUT2D eigenvalue weighted by molar-refractivity contribution is -0.115. The summed E-state index contributed by atoms with van der Waals surface area (Å²) in [7, 11) is 0. The number of rotatable bonds is 5. The Kier molecular flexibility index (Phi) is 5.36. The summed E-state index contributed by atoms with van der Waals surface area (Å²) in [6.45, 7) is 10.3. The summed E-state index contributed by atoms with van der Waals surface area (Å²) >= 11 is 0. The van der Waals surface area contributed by atoms with Gasteiger partial charge in [0.15, 0.2) is 0 Å². The topological polar surface area (TPSA) is 50.4 Å². The van der Waals surface area contributed by atoms with Gasteiger partial charge in [-0.1, -0.05) is 13.8 Å². The van der Waals surface area contributed by atoms with Crippen molar-refractivity contribution in [3.05, 3.63) is 24.3 Å². The lowest BCUT2D eigenvalue weighted by Gasteiger charge is -2.21. The van der Waals surface area contributed by atoms with E-state index in [1.165, 1.54) is 0 Å². The molecule has 0 spiro atoms. The Balaban J connectivity index is 2.50. The number of carbonyl (C=O) groups is 1. The number of carbonyl (C=O) groups excluding carboxylic acids is 1. The second kappa shape index (κ2) is 6.57. The molecule has 0 saturated heterocycles. The lowest BCUT2D eigenvalue weighted by atomic mass is 10.2. The first-order chi connectivity index (χ1) is 8.76. The molecule has 4 nitrogen and oxygen atoms in total. The van der Waals surface area contributed by atoms with E-state index >= 15 is 0 Å². The van der Waals surface area contributed by atoms with E-state index in [0.29, 0.717) is 12.6 Å². The summed E-state index contributed by atoms with van der Waals surface area (Å²) in [6.07, 6.45) is 0. The maximum Gasteiger partial charge on any atom is 0.238 e. The highest BCUT2D eigenvalue weighted by Gasteiger charge is 2.11. The van der Waals surface area contributed by atoms with Crippen LogP contribution in [0.4, 0.5) is 5.69 Å². The van der Waals surface area contributed by atoms with Crippen molar-refractivity contribution in [2.24, 2.45) is 0 Å². The average Bonchev–Trinajstić information content (AvgIpc) is 2.27. The predicted octanol–water partition coefficient (Wildman–Crippen LogP) is 2.80. The van der Waals surface area contributed by atoms with Crippen LogP contribution in [-0.4, -0.2) is 24.1 Å². The molecular formula is C15H24N2O2. The highest BCUT2D eigenvalue weighted by Crippen LogP contribution is 2.20. The lowest BCUT2D eigenvalue weighted by Crippen LogP contribution is -2.32. The first kappa shape index (κ1) is 15.5. The van der Waals surface area contributed by atoms with E-state index in [-0.39, 0.29) is 11.5 Å². The van der Waals surface area contributed by atoms with Crippen LogP contribution in [0.5, 0.6) is 5.75 Å². The normalized spacial score (nSPS) is 11.5. The van der Waals surface area contributed by atoms with Gasteiger partial charge in [0.2, 0.25) is 5.91 Å². The van der Waals surface area contributed by atoms with Crippen LogP contribution in [0.2, 0.25) is 0 Å². The van der Waals surface area contributed by atoms with Crippen molar-refractivity contribution in [2.75, 3.05) is 11.9 Å². The van der Waals surface area contributed by atoms with E-state index in [4.69, 9.17) is 4.74 Å². The third-order valence-electron chi connectivity index (χ3n) is 2.23. The third-order valence-corrected chi connectivity index (χ3v) is 2.23. The highest BCUT2D eigenvalue weighted by molar-refractivity contribution is 5.92. The number of amides is 1. The van der Waals surface area contributed by atoms with Crippen LogP contribution < -0.4 is 15.4 Å². The molecule has 0 unspecified atom stereocenters. The molecule has 106 valence electrons. The summed E-state index contributed by atoms with van der Waals surface area (Å²) < 4.78 is 5.72. The van der Waals surface area contributed by atoms with Crippen molar-refractivity contribution in [1.82, 2.24) is 5.32 Å². The zero-order chi connectivity index (χ0) is 14.5. The molecule has 0 heterocycles. The minimum Gasteiger partial charge on any atom is -0.488 e. The second-order valence-corrected chi connectivity index (χ2v) is 5.82. The molecule has 0 saturated carbocycles.